The van der Waals surface area contributed by atoms with Crippen LogP contribution in [0.4, 0.5) is 5.69 Å². The summed E-state index contributed by atoms with van der Waals surface area (Å²) < 4.78 is 11.8. The summed E-state index contributed by atoms with van der Waals surface area (Å²) in [4.78, 5) is 21.8. The van der Waals surface area contributed by atoms with Gasteiger partial charge in [0.2, 0.25) is 11.6 Å². The van der Waals surface area contributed by atoms with Crippen molar-refractivity contribution in [3.8, 4) is 11.5 Å². The lowest BCUT2D eigenvalue weighted by Crippen LogP contribution is -2.55. The summed E-state index contributed by atoms with van der Waals surface area (Å²) in [6.07, 6.45) is 4.57. The lowest BCUT2D eigenvalue weighted by atomic mass is 9.96. The van der Waals surface area contributed by atoms with Gasteiger partial charge in [0.15, 0.2) is 11.5 Å². The standard InChI is InChI=1S/C27H33N5O3/c1-19-28-27(30-29-19)24(33)18-32-14-13-31(17-22(32)15-20-7-4-3-5-8-20)21-11-12-25(34-2)26(16-21)35-23-9-6-10-23/h3-5,7-8,11-12,16,22-23H,6,9-10,13-15,17-18H2,1-2H3,(H,28,29,30)/t22-/m0/s1. The van der Waals surface area contributed by atoms with Crippen molar-refractivity contribution in [2.24, 2.45) is 0 Å². The Balaban J connectivity index is 1.34. The molecule has 0 bridgehead atoms. The molecule has 1 aliphatic heterocycles. The summed E-state index contributed by atoms with van der Waals surface area (Å²) >= 11 is 0. The number of Topliss-reactive ketones (excluding diaryl/α,β-unsaturated/α-hetero) is 1. The van der Waals surface area contributed by atoms with Crippen molar-refractivity contribution in [2.75, 3.05) is 38.2 Å². The Morgan fingerprint density at radius 2 is 1.94 bits per heavy atom. The predicted octanol–water partition coefficient (Wildman–Crippen LogP) is 3.67. The number of ketones is 1. The van der Waals surface area contributed by atoms with Crippen molar-refractivity contribution in [3.05, 3.63) is 65.7 Å². The Bertz CT molecular complexity index is 1140. The molecular formula is C27H33N5O3. The number of nitrogens with one attached hydrogen (secondary N) is 1. The number of methoxy groups -OCH3 is 1. The van der Waals surface area contributed by atoms with Crippen molar-refractivity contribution in [2.45, 2.75) is 44.8 Å². The molecule has 1 N–H and O–H groups in total. The number of rotatable bonds is 9. The molecule has 1 aromatic heterocycles. The zero-order valence-corrected chi connectivity index (χ0v) is 20.4. The molecule has 0 amide bonds. The fourth-order valence-corrected chi connectivity index (χ4v) is 4.76. The van der Waals surface area contributed by atoms with Gasteiger partial charge in [-0.3, -0.25) is 14.8 Å². The maximum absolute atomic E-state index is 12.9. The minimum Gasteiger partial charge on any atom is -0.493 e. The van der Waals surface area contributed by atoms with Crippen molar-refractivity contribution in [1.29, 1.82) is 0 Å². The summed E-state index contributed by atoms with van der Waals surface area (Å²) in [5.74, 6) is 2.44. The van der Waals surface area contributed by atoms with Gasteiger partial charge in [-0.05, 0) is 50.3 Å². The van der Waals surface area contributed by atoms with Crippen LogP contribution in [-0.2, 0) is 6.42 Å². The lowest BCUT2D eigenvalue weighted by Gasteiger charge is -2.42. The molecule has 1 aliphatic carbocycles. The van der Waals surface area contributed by atoms with Crippen LogP contribution in [0.3, 0.4) is 0 Å². The second-order valence-electron chi connectivity index (χ2n) is 9.43. The van der Waals surface area contributed by atoms with Gasteiger partial charge in [0.05, 0.1) is 19.8 Å². The molecule has 5 rings (SSSR count). The molecule has 2 heterocycles. The number of ether oxygens (including phenoxy) is 2. The lowest BCUT2D eigenvalue weighted by molar-refractivity contribution is 0.0865. The van der Waals surface area contributed by atoms with Crippen LogP contribution in [-0.4, -0.2) is 71.3 Å². The smallest absolute Gasteiger partial charge is 0.218 e. The number of benzene rings is 2. The Labute approximate surface area is 206 Å². The Morgan fingerprint density at radius 1 is 1.11 bits per heavy atom. The first-order chi connectivity index (χ1) is 17.1. The maximum atomic E-state index is 12.9. The normalized spacial score (nSPS) is 18.8. The van der Waals surface area contributed by atoms with E-state index in [9.17, 15) is 4.79 Å². The highest BCUT2D eigenvalue weighted by Crippen LogP contribution is 2.36. The van der Waals surface area contributed by atoms with Crippen LogP contribution in [0.2, 0.25) is 0 Å². The third kappa shape index (κ3) is 5.48. The van der Waals surface area contributed by atoms with Gasteiger partial charge in [-0.25, -0.2) is 4.98 Å². The summed E-state index contributed by atoms with van der Waals surface area (Å²) in [6, 6.07) is 16.8. The average molecular weight is 476 g/mol. The maximum Gasteiger partial charge on any atom is 0.218 e. The van der Waals surface area contributed by atoms with Crippen LogP contribution < -0.4 is 14.4 Å². The number of hydrogen-bond donors (Lipinski definition) is 1. The number of H-pyrrole nitrogens is 1. The summed E-state index contributed by atoms with van der Waals surface area (Å²) in [5.41, 5.74) is 2.38. The van der Waals surface area contributed by atoms with E-state index >= 15 is 0 Å². The van der Waals surface area contributed by atoms with E-state index in [4.69, 9.17) is 9.47 Å². The summed E-state index contributed by atoms with van der Waals surface area (Å²) in [6.45, 7) is 4.52. The van der Waals surface area contributed by atoms with Crippen LogP contribution in [0.1, 0.15) is 41.3 Å². The van der Waals surface area contributed by atoms with Crippen molar-refractivity contribution in [3.63, 3.8) is 0 Å². The van der Waals surface area contributed by atoms with Gasteiger partial charge in [-0.15, -0.1) is 0 Å². The van der Waals surface area contributed by atoms with Gasteiger partial charge in [-0.1, -0.05) is 30.3 Å². The Kier molecular flexibility index (Phi) is 6.99. The van der Waals surface area contributed by atoms with E-state index in [1.807, 2.05) is 12.1 Å². The fraction of sp³-hybridized carbons (Fsp3) is 0.444. The number of aryl methyl sites for hydroxylation is 1. The molecule has 35 heavy (non-hydrogen) atoms. The highest BCUT2D eigenvalue weighted by atomic mass is 16.5. The minimum absolute atomic E-state index is 0.0542. The molecule has 3 aromatic rings. The van der Waals surface area contributed by atoms with E-state index in [0.29, 0.717) is 12.4 Å². The highest BCUT2D eigenvalue weighted by molar-refractivity contribution is 5.94. The largest absolute Gasteiger partial charge is 0.493 e. The van der Waals surface area contributed by atoms with Crippen LogP contribution in [0.25, 0.3) is 0 Å². The first kappa shape index (κ1) is 23.4. The van der Waals surface area contributed by atoms with Crippen molar-refractivity contribution >= 4 is 11.5 Å². The average Bonchev–Trinajstić information content (AvgIpc) is 3.29. The summed E-state index contributed by atoms with van der Waals surface area (Å²) in [7, 11) is 1.68. The Hall–Kier alpha value is -3.39. The molecule has 1 saturated carbocycles. The van der Waals surface area contributed by atoms with Gasteiger partial charge < -0.3 is 14.4 Å². The van der Waals surface area contributed by atoms with E-state index in [-0.39, 0.29) is 23.8 Å². The first-order valence-corrected chi connectivity index (χ1v) is 12.4. The molecule has 0 radical (unpaired) electrons. The van der Waals surface area contributed by atoms with Gasteiger partial charge >= 0.3 is 0 Å². The molecule has 8 heteroatoms. The third-order valence-electron chi connectivity index (χ3n) is 6.97. The van der Waals surface area contributed by atoms with Gasteiger partial charge in [0.25, 0.3) is 0 Å². The van der Waals surface area contributed by atoms with Crippen LogP contribution in [0.15, 0.2) is 48.5 Å². The number of aromatic amines is 1. The van der Waals surface area contributed by atoms with Gasteiger partial charge in [0.1, 0.15) is 5.82 Å². The SMILES string of the molecule is COc1ccc(N2CCN(CC(=O)c3n[nH]c(C)n3)[C@@H](Cc3ccccc3)C2)cc1OC1CCC1. The molecule has 8 nitrogen and oxygen atoms in total. The molecule has 2 aromatic carbocycles. The zero-order valence-electron chi connectivity index (χ0n) is 20.4. The molecular weight excluding hydrogens is 442 g/mol. The van der Waals surface area contributed by atoms with Crippen molar-refractivity contribution in [1.82, 2.24) is 20.1 Å². The van der Waals surface area contributed by atoms with E-state index in [1.165, 1.54) is 12.0 Å². The molecule has 184 valence electrons. The number of nitrogens with zero attached hydrogens (tertiary/aromatic N) is 4. The van der Waals surface area contributed by atoms with Crippen molar-refractivity contribution < 1.29 is 14.3 Å². The van der Waals surface area contributed by atoms with E-state index in [2.05, 4.69) is 61.4 Å². The molecule has 2 fully saturated rings. The predicted molar refractivity (Wildman–Crippen MR) is 134 cm³/mol. The Morgan fingerprint density at radius 3 is 2.63 bits per heavy atom. The van der Waals surface area contributed by atoms with Gasteiger partial charge in [0, 0.05) is 37.4 Å². The van der Waals surface area contributed by atoms with E-state index < -0.39 is 0 Å². The quantitative estimate of drug-likeness (QED) is 0.473. The zero-order chi connectivity index (χ0) is 24.2. The number of carbonyl (C=O) groups excluding carboxylic acids is 1. The second-order valence-corrected chi connectivity index (χ2v) is 9.43. The van der Waals surface area contributed by atoms with E-state index in [1.54, 1.807) is 14.0 Å². The number of carbonyl (C=O) groups is 1. The number of anilines is 1. The molecule has 0 spiro atoms. The van der Waals surface area contributed by atoms with Crippen LogP contribution in [0.5, 0.6) is 11.5 Å². The number of aromatic nitrogens is 3. The second kappa shape index (κ2) is 10.5. The summed E-state index contributed by atoms with van der Waals surface area (Å²) in [5, 5.41) is 6.84. The molecule has 2 aliphatic rings. The topological polar surface area (TPSA) is 83.6 Å². The monoisotopic (exact) mass is 475 g/mol. The highest BCUT2D eigenvalue weighted by Gasteiger charge is 2.30. The van der Waals surface area contributed by atoms with E-state index in [0.717, 1.165) is 56.1 Å². The fourth-order valence-electron chi connectivity index (χ4n) is 4.76. The third-order valence-corrected chi connectivity index (χ3v) is 6.97. The number of piperazine rings is 1. The van der Waals surface area contributed by atoms with Gasteiger partial charge in [-0.2, -0.15) is 5.10 Å². The molecule has 1 saturated heterocycles. The van der Waals surface area contributed by atoms with Crippen LogP contribution >= 0.6 is 0 Å². The molecule has 1 atom stereocenters. The number of hydrogen-bond acceptors (Lipinski definition) is 7. The van der Waals surface area contributed by atoms with Crippen LogP contribution in [0, 0.1) is 6.92 Å². The molecule has 0 unspecified atom stereocenters. The first-order valence-electron chi connectivity index (χ1n) is 12.4. The minimum atomic E-state index is -0.0542.